The average Bonchev–Trinajstić information content (AvgIpc) is 2.48. The van der Waals surface area contributed by atoms with Gasteiger partial charge in [0.2, 0.25) is 0 Å². The van der Waals surface area contributed by atoms with Crippen molar-refractivity contribution in [3.8, 4) is 11.5 Å². The highest BCUT2D eigenvalue weighted by Gasteiger charge is 2.08. The van der Waals surface area contributed by atoms with Gasteiger partial charge < -0.3 is 10.2 Å². The van der Waals surface area contributed by atoms with E-state index in [9.17, 15) is 15.0 Å². The molecule has 2 aromatic carbocycles. The van der Waals surface area contributed by atoms with Crippen molar-refractivity contribution in [1.82, 2.24) is 5.43 Å². The molecule has 0 atom stereocenters. The van der Waals surface area contributed by atoms with E-state index in [0.717, 1.165) is 11.1 Å². The predicted molar refractivity (Wildman–Crippen MR) is 80.6 cm³/mol. The Bertz CT molecular complexity index is 691. The number of aromatic hydroxyl groups is 2. The third-order valence-electron chi connectivity index (χ3n) is 3.03. The molecule has 0 bridgehead atoms. The number of nitrogens with one attached hydrogen (secondary N) is 1. The van der Waals surface area contributed by atoms with Crippen LogP contribution in [0.4, 0.5) is 0 Å². The Morgan fingerprint density at radius 1 is 1.00 bits per heavy atom. The topological polar surface area (TPSA) is 81.9 Å². The second-order valence-corrected chi connectivity index (χ2v) is 4.71. The van der Waals surface area contributed by atoms with E-state index in [2.05, 4.69) is 10.5 Å². The van der Waals surface area contributed by atoms with Crippen LogP contribution in [0.25, 0.3) is 0 Å². The van der Waals surface area contributed by atoms with E-state index in [1.54, 1.807) is 6.92 Å². The Balaban J connectivity index is 2.10. The molecule has 5 nitrogen and oxygen atoms in total. The van der Waals surface area contributed by atoms with Gasteiger partial charge >= 0.3 is 0 Å². The van der Waals surface area contributed by atoms with Gasteiger partial charge in [-0.25, -0.2) is 5.43 Å². The third-order valence-corrected chi connectivity index (χ3v) is 3.03. The molecule has 0 aliphatic rings. The number of carbonyl (C=O) groups is 1. The maximum atomic E-state index is 11.9. The molecule has 0 aliphatic heterocycles. The van der Waals surface area contributed by atoms with Crippen molar-refractivity contribution in [3.63, 3.8) is 0 Å². The molecule has 3 N–H and O–H groups in total. The van der Waals surface area contributed by atoms with Crippen LogP contribution in [0, 0.1) is 6.92 Å². The second kappa shape index (κ2) is 6.09. The zero-order valence-electron chi connectivity index (χ0n) is 11.8. The van der Waals surface area contributed by atoms with Crippen molar-refractivity contribution in [2.45, 2.75) is 13.8 Å². The lowest BCUT2D eigenvalue weighted by Crippen LogP contribution is -2.19. The largest absolute Gasteiger partial charge is 0.504 e. The number of phenols is 2. The average molecular weight is 284 g/mol. The van der Waals surface area contributed by atoms with Gasteiger partial charge in [-0.2, -0.15) is 5.10 Å². The summed E-state index contributed by atoms with van der Waals surface area (Å²) in [5.41, 5.74) is 5.36. The molecule has 0 saturated carbocycles. The number of hydrogen-bond acceptors (Lipinski definition) is 4. The highest BCUT2D eigenvalue weighted by molar-refractivity contribution is 6.01. The van der Waals surface area contributed by atoms with Crippen LogP contribution in [0.5, 0.6) is 11.5 Å². The van der Waals surface area contributed by atoms with Gasteiger partial charge in [-0.3, -0.25) is 4.79 Å². The molecular weight excluding hydrogens is 268 g/mol. The summed E-state index contributed by atoms with van der Waals surface area (Å²) < 4.78 is 0. The van der Waals surface area contributed by atoms with Gasteiger partial charge in [0.1, 0.15) is 0 Å². The van der Waals surface area contributed by atoms with Gasteiger partial charge in [-0.1, -0.05) is 29.8 Å². The third kappa shape index (κ3) is 3.60. The van der Waals surface area contributed by atoms with Crippen LogP contribution in [0.2, 0.25) is 0 Å². The van der Waals surface area contributed by atoms with Crippen molar-refractivity contribution in [1.29, 1.82) is 0 Å². The molecule has 0 radical (unpaired) electrons. The number of benzene rings is 2. The van der Waals surface area contributed by atoms with Crippen molar-refractivity contribution in [2.75, 3.05) is 0 Å². The second-order valence-electron chi connectivity index (χ2n) is 4.71. The Morgan fingerprint density at radius 3 is 2.24 bits per heavy atom. The Hall–Kier alpha value is -2.82. The number of hydrazone groups is 1. The van der Waals surface area contributed by atoms with E-state index in [4.69, 9.17) is 0 Å². The van der Waals surface area contributed by atoms with E-state index in [0.29, 0.717) is 5.71 Å². The van der Waals surface area contributed by atoms with Crippen molar-refractivity contribution < 1.29 is 15.0 Å². The fourth-order valence-corrected chi connectivity index (χ4v) is 1.72. The van der Waals surface area contributed by atoms with Crippen molar-refractivity contribution in [2.24, 2.45) is 5.10 Å². The van der Waals surface area contributed by atoms with Crippen LogP contribution in [-0.2, 0) is 0 Å². The standard InChI is InChI=1S/C16H16N2O3/c1-10-3-5-12(6-4-10)11(2)17-18-16(21)13-7-8-14(19)15(20)9-13/h3-9,19-20H,1-2H3,(H,18,21)/b17-11-. The summed E-state index contributed by atoms with van der Waals surface area (Å²) in [6.45, 7) is 3.79. The van der Waals surface area contributed by atoms with Crippen LogP contribution in [0.1, 0.15) is 28.4 Å². The van der Waals surface area contributed by atoms with Gasteiger partial charge in [0.15, 0.2) is 11.5 Å². The summed E-state index contributed by atoms with van der Waals surface area (Å²) in [6, 6.07) is 11.6. The first-order valence-corrected chi connectivity index (χ1v) is 6.41. The zero-order valence-corrected chi connectivity index (χ0v) is 11.8. The maximum absolute atomic E-state index is 11.9. The Morgan fingerprint density at radius 2 is 1.62 bits per heavy atom. The minimum Gasteiger partial charge on any atom is -0.504 e. The molecule has 5 heteroatoms. The number of aryl methyl sites for hydroxylation is 1. The summed E-state index contributed by atoms with van der Waals surface area (Å²) in [6.07, 6.45) is 0. The van der Waals surface area contributed by atoms with Crippen LogP contribution in [0.3, 0.4) is 0 Å². The fraction of sp³-hybridized carbons (Fsp3) is 0.125. The van der Waals surface area contributed by atoms with E-state index in [-0.39, 0.29) is 17.1 Å². The summed E-state index contributed by atoms with van der Waals surface area (Å²) in [7, 11) is 0. The smallest absolute Gasteiger partial charge is 0.271 e. The van der Waals surface area contributed by atoms with Crippen molar-refractivity contribution >= 4 is 11.6 Å². The SMILES string of the molecule is C/C(=N/NC(=O)c1ccc(O)c(O)c1)c1ccc(C)cc1. The van der Waals surface area contributed by atoms with E-state index in [1.807, 2.05) is 31.2 Å². The minimum atomic E-state index is -0.461. The normalized spacial score (nSPS) is 11.2. The van der Waals surface area contributed by atoms with Crippen LogP contribution in [-0.4, -0.2) is 21.8 Å². The lowest BCUT2D eigenvalue weighted by Gasteiger charge is -2.04. The van der Waals surface area contributed by atoms with Crippen molar-refractivity contribution in [3.05, 3.63) is 59.2 Å². The summed E-state index contributed by atoms with van der Waals surface area (Å²) >= 11 is 0. The van der Waals surface area contributed by atoms with Gasteiger partial charge in [0, 0.05) is 5.56 Å². The molecule has 108 valence electrons. The van der Waals surface area contributed by atoms with E-state index < -0.39 is 5.91 Å². The van der Waals surface area contributed by atoms with Crippen LogP contribution in [0.15, 0.2) is 47.6 Å². The molecule has 1 amide bonds. The Kier molecular flexibility index (Phi) is 4.23. The summed E-state index contributed by atoms with van der Waals surface area (Å²) in [5.74, 6) is -1.08. The zero-order chi connectivity index (χ0) is 15.4. The summed E-state index contributed by atoms with van der Waals surface area (Å²) in [5, 5.41) is 22.6. The van der Waals surface area contributed by atoms with Crippen LogP contribution < -0.4 is 5.43 Å². The highest BCUT2D eigenvalue weighted by Crippen LogP contribution is 2.24. The lowest BCUT2D eigenvalue weighted by molar-refractivity contribution is 0.0954. The number of hydrogen-bond donors (Lipinski definition) is 3. The number of amides is 1. The molecule has 21 heavy (non-hydrogen) atoms. The number of phenolic OH excluding ortho intramolecular Hbond substituents is 2. The number of carbonyl (C=O) groups excluding carboxylic acids is 1. The molecule has 0 spiro atoms. The van der Waals surface area contributed by atoms with Gasteiger partial charge in [0.25, 0.3) is 5.91 Å². The van der Waals surface area contributed by atoms with Gasteiger partial charge in [-0.05, 0) is 37.6 Å². The van der Waals surface area contributed by atoms with E-state index >= 15 is 0 Å². The van der Waals surface area contributed by atoms with E-state index in [1.165, 1.54) is 18.2 Å². The monoisotopic (exact) mass is 284 g/mol. The number of rotatable bonds is 3. The van der Waals surface area contributed by atoms with Crippen LogP contribution >= 0.6 is 0 Å². The lowest BCUT2D eigenvalue weighted by atomic mass is 10.1. The first-order chi connectivity index (χ1) is 9.97. The van der Waals surface area contributed by atoms with Gasteiger partial charge in [-0.15, -0.1) is 0 Å². The molecular formula is C16H16N2O3. The molecule has 0 saturated heterocycles. The summed E-state index contributed by atoms with van der Waals surface area (Å²) in [4.78, 5) is 11.9. The van der Waals surface area contributed by atoms with Gasteiger partial charge in [0.05, 0.1) is 5.71 Å². The molecule has 0 fully saturated rings. The quantitative estimate of drug-likeness (QED) is 0.460. The molecule has 0 aliphatic carbocycles. The molecule has 0 unspecified atom stereocenters. The highest BCUT2D eigenvalue weighted by atomic mass is 16.3. The molecule has 0 heterocycles. The molecule has 2 aromatic rings. The first kappa shape index (κ1) is 14.6. The predicted octanol–water partition coefficient (Wildman–Crippen LogP) is 2.56. The first-order valence-electron chi connectivity index (χ1n) is 6.41. The number of nitrogens with zero attached hydrogens (tertiary/aromatic N) is 1. The molecule has 0 aromatic heterocycles. The Labute approximate surface area is 122 Å². The maximum Gasteiger partial charge on any atom is 0.271 e. The molecule has 2 rings (SSSR count). The minimum absolute atomic E-state index is 0.214. The fourth-order valence-electron chi connectivity index (χ4n) is 1.72.